The lowest BCUT2D eigenvalue weighted by Crippen LogP contribution is -2.36. The SMILES string of the molecule is C=CCC(C)(O)C1=CC(=N)/C(=C\NCCS(C)(=O)=O)C=C1NC(=O)c1cccc(C(F)(F)F)n1. The molecule has 0 saturated carbocycles. The van der Waals surface area contributed by atoms with Gasteiger partial charge >= 0.3 is 6.18 Å². The number of aromatic nitrogens is 1. The second-order valence-electron chi connectivity index (χ2n) is 7.84. The van der Waals surface area contributed by atoms with Crippen molar-refractivity contribution in [3.05, 3.63) is 77.4 Å². The van der Waals surface area contributed by atoms with Gasteiger partial charge in [-0.25, -0.2) is 13.4 Å². The molecule has 0 radical (unpaired) electrons. The molecule has 1 atom stereocenters. The summed E-state index contributed by atoms with van der Waals surface area (Å²) in [4.78, 5) is 16.1. The van der Waals surface area contributed by atoms with E-state index >= 15 is 0 Å². The maximum Gasteiger partial charge on any atom is 0.433 e. The maximum absolute atomic E-state index is 13.0. The van der Waals surface area contributed by atoms with Crippen molar-refractivity contribution in [2.24, 2.45) is 0 Å². The Morgan fingerprint density at radius 3 is 2.56 bits per heavy atom. The van der Waals surface area contributed by atoms with Crippen LogP contribution in [0.5, 0.6) is 0 Å². The number of halogens is 3. The molecule has 0 aromatic carbocycles. The van der Waals surface area contributed by atoms with Gasteiger partial charge in [-0.3, -0.25) is 4.79 Å². The summed E-state index contributed by atoms with van der Waals surface area (Å²) < 4.78 is 61.5. The van der Waals surface area contributed by atoms with Gasteiger partial charge in [0.05, 0.1) is 17.1 Å². The Balaban J connectivity index is 2.39. The van der Waals surface area contributed by atoms with Crippen LogP contribution in [0, 0.1) is 5.41 Å². The fourth-order valence-corrected chi connectivity index (χ4v) is 3.50. The minimum Gasteiger partial charge on any atom is -0.389 e. The number of nitrogens with one attached hydrogen (secondary N) is 3. The van der Waals surface area contributed by atoms with E-state index in [1.165, 1.54) is 31.4 Å². The molecule has 1 unspecified atom stereocenters. The highest BCUT2D eigenvalue weighted by Crippen LogP contribution is 2.31. The normalized spacial score (nSPS) is 17.5. The largest absolute Gasteiger partial charge is 0.433 e. The zero-order valence-corrected chi connectivity index (χ0v) is 19.3. The molecule has 0 fully saturated rings. The Kier molecular flexibility index (Phi) is 8.22. The number of hydrogen-bond donors (Lipinski definition) is 4. The summed E-state index contributed by atoms with van der Waals surface area (Å²) >= 11 is 0. The highest BCUT2D eigenvalue weighted by Gasteiger charge is 2.34. The molecule has 1 aliphatic rings. The number of carbonyl (C=O) groups excluding carboxylic acids is 1. The summed E-state index contributed by atoms with van der Waals surface area (Å²) in [5.74, 6) is -1.09. The molecule has 1 amide bonds. The molecule has 1 aromatic rings. The van der Waals surface area contributed by atoms with E-state index in [-0.39, 0.29) is 41.3 Å². The van der Waals surface area contributed by atoms with Crippen molar-refractivity contribution in [3.63, 3.8) is 0 Å². The molecule has 8 nitrogen and oxygen atoms in total. The summed E-state index contributed by atoms with van der Waals surface area (Å²) in [6, 6.07) is 2.91. The van der Waals surface area contributed by atoms with E-state index in [2.05, 4.69) is 22.2 Å². The fraction of sp³-hybridized carbons (Fsp3) is 0.318. The van der Waals surface area contributed by atoms with Crippen LogP contribution < -0.4 is 10.6 Å². The van der Waals surface area contributed by atoms with E-state index in [9.17, 15) is 31.5 Å². The molecule has 12 heteroatoms. The number of sulfone groups is 1. The molecule has 1 heterocycles. The number of aliphatic hydroxyl groups is 1. The molecule has 2 rings (SSSR count). The predicted octanol–water partition coefficient (Wildman–Crippen LogP) is 2.52. The number of pyridine rings is 1. The van der Waals surface area contributed by atoms with Crippen molar-refractivity contribution < 1.29 is 31.5 Å². The molecule has 0 bridgehead atoms. The third kappa shape index (κ3) is 7.39. The Hall–Kier alpha value is -3.25. The van der Waals surface area contributed by atoms with Gasteiger partial charge in [-0.1, -0.05) is 12.1 Å². The summed E-state index contributed by atoms with van der Waals surface area (Å²) in [6.45, 7) is 5.09. The first-order chi connectivity index (χ1) is 15.6. The first-order valence-corrected chi connectivity index (χ1v) is 12.0. The second-order valence-corrected chi connectivity index (χ2v) is 10.1. The number of amides is 1. The van der Waals surface area contributed by atoms with E-state index < -0.39 is 38.9 Å². The molecular weight excluding hydrogens is 473 g/mol. The number of hydrogen-bond acceptors (Lipinski definition) is 7. The number of nitrogens with zero attached hydrogens (tertiary/aromatic N) is 1. The van der Waals surface area contributed by atoms with Crippen LogP contribution in [0.15, 0.2) is 66.0 Å². The lowest BCUT2D eigenvalue weighted by molar-refractivity contribution is -0.141. The highest BCUT2D eigenvalue weighted by molar-refractivity contribution is 7.90. The van der Waals surface area contributed by atoms with E-state index in [1.807, 2.05) is 0 Å². The van der Waals surface area contributed by atoms with Crippen LogP contribution in [0.25, 0.3) is 0 Å². The van der Waals surface area contributed by atoms with Crippen molar-refractivity contribution in [1.29, 1.82) is 5.41 Å². The van der Waals surface area contributed by atoms with Crippen molar-refractivity contribution in [2.45, 2.75) is 25.1 Å². The van der Waals surface area contributed by atoms with Gasteiger partial charge in [0.25, 0.3) is 5.91 Å². The molecule has 184 valence electrons. The Morgan fingerprint density at radius 1 is 1.29 bits per heavy atom. The third-order valence-electron chi connectivity index (χ3n) is 4.71. The van der Waals surface area contributed by atoms with Gasteiger partial charge in [-0.2, -0.15) is 13.2 Å². The Labute approximate surface area is 195 Å². The molecule has 1 aliphatic carbocycles. The molecular formula is C22H25F3N4O4S. The standard InChI is InChI=1S/C22H25F3N4O4S/c1-4-8-21(2,31)15-12-16(26)14(13-27-9-10-34(3,32)33)11-18(15)29-20(30)17-6-5-7-19(28-17)22(23,24)25/h4-7,11-13,26-27,31H,1,8-10H2,2-3H3,(H,29,30)/b14-13-,26-16?. The van der Waals surface area contributed by atoms with Gasteiger partial charge in [0.1, 0.15) is 21.2 Å². The zero-order chi connectivity index (χ0) is 25.7. The molecule has 1 aromatic heterocycles. The average molecular weight is 499 g/mol. The third-order valence-corrected chi connectivity index (χ3v) is 5.65. The van der Waals surface area contributed by atoms with Crippen molar-refractivity contribution in [2.75, 3.05) is 18.6 Å². The monoisotopic (exact) mass is 498 g/mol. The molecule has 0 spiro atoms. The number of rotatable bonds is 9. The van der Waals surface area contributed by atoms with Gasteiger partial charge in [0.2, 0.25) is 0 Å². The van der Waals surface area contributed by atoms with E-state index in [1.54, 1.807) is 0 Å². The van der Waals surface area contributed by atoms with Crippen LogP contribution in [0.4, 0.5) is 13.2 Å². The molecule has 0 saturated heterocycles. The minimum atomic E-state index is -4.73. The maximum atomic E-state index is 13.0. The highest BCUT2D eigenvalue weighted by atomic mass is 32.2. The summed E-state index contributed by atoms with van der Waals surface area (Å²) in [5.41, 5.74) is -2.88. The number of carbonyl (C=O) groups is 1. The molecule has 34 heavy (non-hydrogen) atoms. The molecule has 0 aliphatic heterocycles. The topological polar surface area (TPSA) is 132 Å². The number of allylic oxidation sites excluding steroid dienone is 3. The van der Waals surface area contributed by atoms with Gasteiger partial charge in [-0.05, 0) is 37.6 Å². The zero-order valence-electron chi connectivity index (χ0n) is 18.5. The molecule has 4 N–H and O–H groups in total. The summed E-state index contributed by atoms with van der Waals surface area (Å²) in [5, 5.41) is 24.3. The van der Waals surface area contributed by atoms with Crippen LogP contribution in [0.2, 0.25) is 0 Å². The predicted molar refractivity (Wildman–Crippen MR) is 122 cm³/mol. The van der Waals surface area contributed by atoms with E-state index in [0.29, 0.717) is 0 Å². The smallest absolute Gasteiger partial charge is 0.389 e. The fourth-order valence-electron chi connectivity index (χ4n) is 3.01. The van der Waals surface area contributed by atoms with Crippen LogP contribution in [0.1, 0.15) is 29.5 Å². The first-order valence-electron chi connectivity index (χ1n) is 9.97. The minimum absolute atomic E-state index is 0.0404. The van der Waals surface area contributed by atoms with Crippen LogP contribution in [-0.2, 0) is 16.0 Å². The Bertz CT molecular complexity index is 1180. The van der Waals surface area contributed by atoms with Crippen LogP contribution >= 0.6 is 0 Å². The van der Waals surface area contributed by atoms with E-state index in [0.717, 1.165) is 24.5 Å². The van der Waals surface area contributed by atoms with Gasteiger partial charge in [0, 0.05) is 35.8 Å². The van der Waals surface area contributed by atoms with Crippen molar-refractivity contribution >= 4 is 21.5 Å². The summed E-state index contributed by atoms with van der Waals surface area (Å²) in [7, 11) is -3.21. The van der Waals surface area contributed by atoms with Gasteiger partial charge in [-0.15, -0.1) is 6.58 Å². The van der Waals surface area contributed by atoms with Crippen molar-refractivity contribution in [1.82, 2.24) is 15.6 Å². The van der Waals surface area contributed by atoms with Gasteiger partial charge < -0.3 is 21.1 Å². The number of alkyl halides is 3. The lowest BCUT2D eigenvalue weighted by atomic mass is 9.84. The van der Waals surface area contributed by atoms with Crippen molar-refractivity contribution in [3.8, 4) is 0 Å². The second kappa shape index (κ2) is 10.3. The quantitative estimate of drug-likeness (QED) is 0.306. The van der Waals surface area contributed by atoms with Crippen LogP contribution in [0.3, 0.4) is 0 Å². The van der Waals surface area contributed by atoms with Crippen LogP contribution in [-0.4, -0.2) is 54.3 Å². The average Bonchev–Trinajstić information content (AvgIpc) is 2.71. The summed E-state index contributed by atoms with van der Waals surface area (Å²) in [6.07, 6.45) is 1.88. The Morgan fingerprint density at radius 2 is 1.97 bits per heavy atom. The van der Waals surface area contributed by atoms with Gasteiger partial charge in [0.15, 0.2) is 0 Å². The van der Waals surface area contributed by atoms with E-state index in [4.69, 9.17) is 5.41 Å². The first kappa shape index (κ1) is 27.0. The lowest BCUT2D eigenvalue weighted by Gasteiger charge is -2.30.